The minimum Gasteiger partial charge on any atom is -0.342 e. The number of carbonyl (C=O) groups excluding carboxylic acids is 2. The molecule has 2 amide bonds. The van der Waals surface area contributed by atoms with E-state index in [9.17, 15) is 9.59 Å². The Labute approximate surface area is 112 Å². The number of hydrogen-bond acceptors (Lipinski definition) is 3. The van der Waals surface area contributed by atoms with Gasteiger partial charge in [-0.15, -0.1) is 0 Å². The van der Waals surface area contributed by atoms with E-state index in [0.29, 0.717) is 5.92 Å². The van der Waals surface area contributed by atoms with Crippen LogP contribution >= 0.6 is 11.8 Å². The summed E-state index contributed by atoms with van der Waals surface area (Å²) in [4.78, 5) is 26.5. The lowest BCUT2D eigenvalue weighted by molar-refractivity contribution is -0.151. The van der Waals surface area contributed by atoms with E-state index < -0.39 is 0 Å². The second-order valence-electron chi connectivity index (χ2n) is 5.62. The fourth-order valence-corrected chi connectivity index (χ4v) is 4.14. The number of thioether (sulfide) groups is 1. The lowest BCUT2D eigenvalue weighted by Crippen LogP contribution is -2.66. The zero-order valence-corrected chi connectivity index (χ0v) is 11.5. The minimum atomic E-state index is -0.295. The lowest BCUT2D eigenvalue weighted by Gasteiger charge is -2.43. The van der Waals surface area contributed by atoms with Gasteiger partial charge in [-0.2, -0.15) is 11.8 Å². The molecule has 2 saturated heterocycles. The number of piperazine rings is 1. The Morgan fingerprint density at radius 1 is 1.28 bits per heavy atom. The van der Waals surface area contributed by atoms with Crippen molar-refractivity contribution in [3.63, 3.8) is 0 Å². The van der Waals surface area contributed by atoms with Crippen LogP contribution in [-0.2, 0) is 9.59 Å². The van der Waals surface area contributed by atoms with Crippen LogP contribution in [0.5, 0.6) is 0 Å². The molecule has 18 heavy (non-hydrogen) atoms. The third kappa shape index (κ3) is 2.13. The van der Waals surface area contributed by atoms with Gasteiger partial charge in [-0.3, -0.25) is 9.59 Å². The fourth-order valence-electron chi connectivity index (χ4n) is 3.00. The molecule has 3 aliphatic rings. The summed E-state index contributed by atoms with van der Waals surface area (Å²) >= 11 is 1.90. The summed E-state index contributed by atoms with van der Waals surface area (Å²) in [5, 5.41) is 2.91. The molecule has 5 heteroatoms. The Morgan fingerprint density at radius 2 is 2.06 bits per heavy atom. The number of carbonyl (C=O) groups is 2. The summed E-state index contributed by atoms with van der Waals surface area (Å²) in [6.07, 6.45) is 4.37. The van der Waals surface area contributed by atoms with Crippen LogP contribution in [0.4, 0.5) is 0 Å². The van der Waals surface area contributed by atoms with E-state index in [0.717, 1.165) is 31.4 Å². The summed E-state index contributed by atoms with van der Waals surface area (Å²) in [5.41, 5.74) is 0. The molecule has 2 heterocycles. The molecule has 0 spiro atoms. The average molecular weight is 268 g/mol. The van der Waals surface area contributed by atoms with Crippen molar-refractivity contribution in [2.45, 2.75) is 50.7 Å². The average Bonchev–Trinajstić information content (AvgIpc) is 3.20. The summed E-state index contributed by atoms with van der Waals surface area (Å²) in [5.74, 6) is 2.76. The van der Waals surface area contributed by atoms with Gasteiger partial charge in [-0.05, 0) is 44.3 Å². The van der Waals surface area contributed by atoms with Crippen molar-refractivity contribution in [3.05, 3.63) is 0 Å². The summed E-state index contributed by atoms with van der Waals surface area (Å²) in [6.45, 7) is 1.86. The first-order valence-corrected chi connectivity index (χ1v) is 8.04. The van der Waals surface area contributed by atoms with Crippen molar-refractivity contribution < 1.29 is 9.59 Å². The van der Waals surface area contributed by atoms with Gasteiger partial charge in [-0.25, -0.2) is 0 Å². The highest BCUT2D eigenvalue weighted by atomic mass is 32.2. The maximum atomic E-state index is 12.6. The van der Waals surface area contributed by atoms with Crippen molar-refractivity contribution in [1.82, 2.24) is 10.2 Å². The second kappa shape index (κ2) is 4.76. The monoisotopic (exact) mass is 268 g/mol. The van der Waals surface area contributed by atoms with Crippen LogP contribution in [0, 0.1) is 5.92 Å². The van der Waals surface area contributed by atoms with E-state index in [1.807, 2.05) is 23.6 Å². The molecule has 3 unspecified atom stereocenters. The van der Waals surface area contributed by atoms with Gasteiger partial charge in [0, 0.05) is 11.8 Å². The molecule has 100 valence electrons. The fraction of sp³-hybridized carbons (Fsp3) is 0.846. The number of amides is 2. The highest BCUT2D eigenvalue weighted by Crippen LogP contribution is 2.36. The molecule has 1 saturated carbocycles. The number of nitrogens with one attached hydrogen (secondary N) is 1. The molecule has 3 atom stereocenters. The molecule has 1 N–H and O–H groups in total. The van der Waals surface area contributed by atoms with Crippen molar-refractivity contribution in [1.29, 1.82) is 0 Å². The molecule has 2 aliphatic heterocycles. The quantitative estimate of drug-likeness (QED) is 0.813. The number of nitrogens with zero attached hydrogens (tertiary/aromatic N) is 1. The Kier molecular flexibility index (Phi) is 3.26. The third-order valence-corrected chi connectivity index (χ3v) is 5.44. The Bertz CT molecular complexity index is 364. The van der Waals surface area contributed by atoms with Crippen LogP contribution in [0.2, 0.25) is 0 Å². The van der Waals surface area contributed by atoms with E-state index in [1.54, 1.807) is 0 Å². The topological polar surface area (TPSA) is 49.4 Å². The van der Waals surface area contributed by atoms with Crippen molar-refractivity contribution in [2.75, 3.05) is 11.5 Å². The molecular formula is C13H20N2O2S. The number of rotatable bonds is 2. The standard InChI is InChI=1S/C13H20N2O2S/c1-8-12(16)14-11(9-4-5-9)13(17)15(8)10-3-2-6-18-7-10/h8-11H,2-7H2,1H3,(H,14,16). The third-order valence-electron chi connectivity index (χ3n) is 4.24. The van der Waals surface area contributed by atoms with Gasteiger partial charge in [0.2, 0.25) is 11.8 Å². The first kappa shape index (κ1) is 12.3. The van der Waals surface area contributed by atoms with Crippen LogP contribution in [0.3, 0.4) is 0 Å². The molecule has 3 rings (SSSR count). The van der Waals surface area contributed by atoms with Crippen molar-refractivity contribution in [3.8, 4) is 0 Å². The zero-order chi connectivity index (χ0) is 12.7. The minimum absolute atomic E-state index is 0.0297. The maximum Gasteiger partial charge on any atom is 0.246 e. The van der Waals surface area contributed by atoms with Gasteiger partial charge in [0.1, 0.15) is 12.1 Å². The van der Waals surface area contributed by atoms with Gasteiger partial charge in [0.15, 0.2) is 0 Å². The van der Waals surface area contributed by atoms with Crippen LogP contribution in [0.25, 0.3) is 0 Å². The summed E-state index contributed by atoms with van der Waals surface area (Å²) < 4.78 is 0. The first-order valence-electron chi connectivity index (χ1n) is 6.89. The molecular weight excluding hydrogens is 248 g/mol. The van der Waals surface area contributed by atoms with E-state index in [-0.39, 0.29) is 29.9 Å². The largest absolute Gasteiger partial charge is 0.342 e. The van der Waals surface area contributed by atoms with Gasteiger partial charge < -0.3 is 10.2 Å². The molecule has 0 bridgehead atoms. The van der Waals surface area contributed by atoms with Gasteiger partial charge >= 0.3 is 0 Å². The second-order valence-corrected chi connectivity index (χ2v) is 6.77. The van der Waals surface area contributed by atoms with Crippen LogP contribution in [-0.4, -0.2) is 46.3 Å². The van der Waals surface area contributed by atoms with E-state index >= 15 is 0 Å². The Balaban J connectivity index is 1.79. The van der Waals surface area contributed by atoms with E-state index in [1.165, 1.54) is 5.75 Å². The van der Waals surface area contributed by atoms with Crippen molar-refractivity contribution in [2.24, 2.45) is 5.92 Å². The maximum absolute atomic E-state index is 12.6. The van der Waals surface area contributed by atoms with Gasteiger partial charge in [0.05, 0.1) is 0 Å². The number of hydrogen-bond donors (Lipinski definition) is 1. The van der Waals surface area contributed by atoms with Gasteiger partial charge in [-0.1, -0.05) is 0 Å². The zero-order valence-electron chi connectivity index (χ0n) is 10.7. The molecule has 3 fully saturated rings. The van der Waals surface area contributed by atoms with Crippen LogP contribution in [0.1, 0.15) is 32.6 Å². The molecule has 0 aromatic carbocycles. The highest BCUT2D eigenvalue weighted by Gasteiger charge is 2.47. The molecule has 0 aromatic heterocycles. The summed E-state index contributed by atoms with van der Waals surface area (Å²) in [6, 6.07) is -0.268. The van der Waals surface area contributed by atoms with Crippen molar-refractivity contribution >= 4 is 23.6 Å². The Hall–Kier alpha value is -0.710. The molecule has 1 aliphatic carbocycles. The molecule has 0 aromatic rings. The summed E-state index contributed by atoms with van der Waals surface area (Å²) in [7, 11) is 0. The lowest BCUT2D eigenvalue weighted by atomic mass is 10.0. The SMILES string of the molecule is CC1C(=O)NC(C2CC2)C(=O)N1C1CCCSC1. The first-order chi connectivity index (χ1) is 8.68. The van der Waals surface area contributed by atoms with Crippen LogP contribution < -0.4 is 5.32 Å². The van der Waals surface area contributed by atoms with Gasteiger partial charge in [0.25, 0.3) is 0 Å². The Morgan fingerprint density at radius 3 is 2.67 bits per heavy atom. The van der Waals surface area contributed by atoms with E-state index in [2.05, 4.69) is 5.32 Å². The predicted molar refractivity (Wildman–Crippen MR) is 71.3 cm³/mol. The highest BCUT2D eigenvalue weighted by molar-refractivity contribution is 7.99. The smallest absolute Gasteiger partial charge is 0.246 e. The predicted octanol–water partition coefficient (Wildman–Crippen LogP) is 1.01. The van der Waals surface area contributed by atoms with E-state index in [4.69, 9.17) is 0 Å². The molecule has 4 nitrogen and oxygen atoms in total. The normalized spacial score (nSPS) is 37.6. The van der Waals surface area contributed by atoms with Crippen LogP contribution in [0.15, 0.2) is 0 Å². The molecule has 0 radical (unpaired) electrons.